The minimum Gasteiger partial charge on any atom is -0.353 e. The minimum absolute atomic E-state index is 0.161. The Morgan fingerprint density at radius 3 is 2.74 bits per heavy atom. The number of amides is 1. The number of benzene rings is 1. The maximum absolute atomic E-state index is 11.6. The molecular formula is C15H20N2OS. The van der Waals surface area contributed by atoms with Gasteiger partial charge in [0.05, 0.1) is 5.75 Å². The van der Waals surface area contributed by atoms with Crippen LogP contribution in [0.15, 0.2) is 29.2 Å². The Hall–Kier alpha value is -1.00. The molecule has 1 aromatic carbocycles. The van der Waals surface area contributed by atoms with E-state index in [1.165, 1.54) is 23.3 Å². The Balaban J connectivity index is 1.45. The van der Waals surface area contributed by atoms with Crippen molar-refractivity contribution in [1.29, 1.82) is 0 Å². The summed E-state index contributed by atoms with van der Waals surface area (Å²) in [6.45, 7) is 0.938. The first-order valence-electron chi connectivity index (χ1n) is 7.04. The van der Waals surface area contributed by atoms with Crippen LogP contribution in [0.2, 0.25) is 0 Å². The summed E-state index contributed by atoms with van der Waals surface area (Å²) in [6.07, 6.45) is 4.93. The first-order chi connectivity index (χ1) is 9.29. The average molecular weight is 276 g/mol. The van der Waals surface area contributed by atoms with Crippen molar-refractivity contribution in [2.24, 2.45) is 0 Å². The van der Waals surface area contributed by atoms with Crippen LogP contribution in [0, 0.1) is 0 Å². The van der Waals surface area contributed by atoms with E-state index in [9.17, 15) is 4.79 Å². The van der Waals surface area contributed by atoms with Gasteiger partial charge in [0, 0.05) is 23.5 Å². The van der Waals surface area contributed by atoms with Crippen molar-refractivity contribution in [2.75, 3.05) is 5.75 Å². The van der Waals surface area contributed by atoms with Crippen LogP contribution in [0.25, 0.3) is 0 Å². The van der Waals surface area contributed by atoms with Gasteiger partial charge < -0.3 is 10.6 Å². The van der Waals surface area contributed by atoms with Gasteiger partial charge in [-0.3, -0.25) is 4.79 Å². The molecule has 1 amide bonds. The third-order valence-corrected chi connectivity index (χ3v) is 4.38. The molecule has 2 fully saturated rings. The third-order valence-electron chi connectivity index (χ3n) is 3.38. The van der Waals surface area contributed by atoms with Crippen LogP contribution in [0.5, 0.6) is 0 Å². The topological polar surface area (TPSA) is 41.1 Å². The summed E-state index contributed by atoms with van der Waals surface area (Å²) < 4.78 is 0. The minimum atomic E-state index is 0.161. The van der Waals surface area contributed by atoms with Gasteiger partial charge >= 0.3 is 0 Å². The van der Waals surface area contributed by atoms with Crippen molar-refractivity contribution in [3.05, 3.63) is 29.8 Å². The van der Waals surface area contributed by atoms with Crippen molar-refractivity contribution < 1.29 is 4.79 Å². The lowest BCUT2D eigenvalue weighted by Gasteiger charge is -2.06. The summed E-state index contributed by atoms with van der Waals surface area (Å²) in [5, 5.41) is 6.53. The number of nitrogens with one attached hydrogen (secondary N) is 2. The number of carbonyl (C=O) groups is 1. The molecule has 102 valence electrons. The molecule has 0 spiro atoms. The maximum atomic E-state index is 11.6. The molecule has 4 heteroatoms. The van der Waals surface area contributed by atoms with Gasteiger partial charge in [-0.15, -0.1) is 11.8 Å². The second kappa shape index (κ2) is 5.97. The molecule has 0 aromatic heterocycles. The van der Waals surface area contributed by atoms with E-state index in [1.807, 2.05) is 0 Å². The van der Waals surface area contributed by atoms with E-state index in [4.69, 9.17) is 0 Å². The lowest BCUT2D eigenvalue weighted by molar-refractivity contribution is -0.118. The van der Waals surface area contributed by atoms with Gasteiger partial charge in [-0.05, 0) is 43.4 Å². The van der Waals surface area contributed by atoms with Crippen LogP contribution in [0.1, 0.15) is 31.2 Å². The zero-order chi connectivity index (χ0) is 13.1. The lowest BCUT2D eigenvalue weighted by Crippen LogP contribution is -2.26. The number of hydrogen-bond donors (Lipinski definition) is 2. The molecule has 0 atom stereocenters. The van der Waals surface area contributed by atoms with E-state index in [2.05, 4.69) is 34.9 Å². The molecule has 0 saturated heterocycles. The highest BCUT2D eigenvalue weighted by atomic mass is 32.2. The molecule has 3 nitrogen and oxygen atoms in total. The van der Waals surface area contributed by atoms with Crippen molar-refractivity contribution in [3.63, 3.8) is 0 Å². The Bertz CT molecular complexity index is 455. The maximum Gasteiger partial charge on any atom is 0.230 e. The van der Waals surface area contributed by atoms with E-state index in [0.717, 1.165) is 25.4 Å². The molecule has 2 aliphatic carbocycles. The quantitative estimate of drug-likeness (QED) is 0.751. The van der Waals surface area contributed by atoms with Gasteiger partial charge in [0.1, 0.15) is 0 Å². The van der Waals surface area contributed by atoms with Crippen LogP contribution < -0.4 is 10.6 Å². The highest BCUT2D eigenvalue weighted by Gasteiger charge is 2.23. The predicted molar refractivity (Wildman–Crippen MR) is 78.2 cm³/mol. The van der Waals surface area contributed by atoms with Crippen molar-refractivity contribution in [2.45, 2.75) is 49.2 Å². The lowest BCUT2D eigenvalue weighted by atomic mass is 10.2. The fourth-order valence-electron chi connectivity index (χ4n) is 1.94. The highest BCUT2D eigenvalue weighted by Crippen LogP contribution is 2.23. The summed E-state index contributed by atoms with van der Waals surface area (Å²) in [5.74, 6) is 0.685. The van der Waals surface area contributed by atoms with E-state index < -0.39 is 0 Å². The van der Waals surface area contributed by atoms with Gasteiger partial charge in [0.2, 0.25) is 5.91 Å². The van der Waals surface area contributed by atoms with Crippen LogP contribution in [-0.2, 0) is 11.3 Å². The van der Waals surface area contributed by atoms with Gasteiger partial charge in [-0.1, -0.05) is 12.1 Å². The third kappa shape index (κ3) is 4.55. The molecule has 1 aromatic rings. The Kier molecular flexibility index (Phi) is 4.09. The molecule has 0 heterocycles. The normalized spacial score (nSPS) is 18.3. The van der Waals surface area contributed by atoms with E-state index in [-0.39, 0.29) is 5.91 Å². The number of thioether (sulfide) groups is 1. The second-order valence-electron chi connectivity index (χ2n) is 5.43. The first-order valence-corrected chi connectivity index (χ1v) is 8.02. The number of carbonyl (C=O) groups excluding carboxylic acids is 1. The molecule has 0 bridgehead atoms. The molecule has 0 aliphatic heterocycles. The fourth-order valence-corrected chi connectivity index (χ4v) is 2.73. The van der Waals surface area contributed by atoms with Crippen LogP contribution >= 0.6 is 11.8 Å². The second-order valence-corrected chi connectivity index (χ2v) is 6.48. The molecule has 0 unspecified atom stereocenters. The summed E-state index contributed by atoms with van der Waals surface area (Å²) >= 11 is 1.62. The average Bonchev–Trinajstić information content (AvgIpc) is 3.29. The molecule has 2 saturated carbocycles. The molecule has 0 radical (unpaired) electrons. The summed E-state index contributed by atoms with van der Waals surface area (Å²) in [4.78, 5) is 12.8. The van der Waals surface area contributed by atoms with Crippen molar-refractivity contribution in [1.82, 2.24) is 10.6 Å². The van der Waals surface area contributed by atoms with Crippen LogP contribution in [0.3, 0.4) is 0 Å². The molecule has 2 aliphatic rings. The Labute approximate surface area is 118 Å². The molecule has 19 heavy (non-hydrogen) atoms. The smallest absolute Gasteiger partial charge is 0.230 e. The van der Waals surface area contributed by atoms with Crippen molar-refractivity contribution >= 4 is 17.7 Å². The fraction of sp³-hybridized carbons (Fsp3) is 0.533. The van der Waals surface area contributed by atoms with Crippen LogP contribution in [-0.4, -0.2) is 23.7 Å². The zero-order valence-corrected chi connectivity index (χ0v) is 11.8. The van der Waals surface area contributed by atoms with E-state index >= 15 is 0 Å². The molecule has 3 rings (SSSR count). The summed E-state index contributed by atoms with van der Waals surface area (Å²) in [5.41, 5.74) is 1.31. The number of rotatable bonds is 7. The monoisotopic (exact) mass is 276 g/mol. The first kappa shape index (κ1) is 13.0. The Morgan fingerprint density at radius 1 is 1.21 bits per heavy atom. The van der Waals surface area contributed by atoms with Crippen molar-refractivity contribution in [3.8, 4) is 0 Å². The van der Waals surface area contributed by atoms with Gasteiger partial charge in [0.15, 0.2) is 0 Å². The highest BCUT2D eigenvalue weighted by molar-refractivity contribution is 8.00. The summed E-state index contributed by atoms with van der Waals surface area (Å²) in [7, 11) is 0. The molecular weight excluding hydrogens is 256 g/mol. The van der Waals surface area contributed by atoms with E-state index in [1.54, 1.807) is 11.8 Å². The number of hydrogen-bond acceptors (Lipinski definition) is 3. The molecule has 2 N–H and O–H groups in total. The SMILES string of the molecule is O=C(CSc1cccc(CNC2CC2)c1)NC1CC1. The van der Waals surface area contributed by atoms with Gasteiger partial charge in [0.25, 0.3) is 0 Å². The van der Waals surface area contributed by atoms with Crippen LogP contribution in [0.4, 0.5) is 0 Å². The zero-order valence-electron chi connectivity index (χ0n) is 11.0. The Morgan fingerprint density at radius 2 is 2.00 bits per heavy atom. The van der Waals surface area contributed by atoms with Gasteiger partial charge in [-0.25, -0.2) is 0 Å². The standard InChI is InChI=1S/C15H20N2OS/c18-15(17-13-6-7-13)10-19-14-3-1-2-11(8-14)9-16-12-4-5-12/h1-3,8,12-13,16H,4-7,9-10H2,(H,17,18). The largest absolute Gasteiger partial charge is 0.353 e. The van der Waals surface area contributed by atoms with E-state index in [0.29, 0.717) is 11.8 Å². The van der Waals surface area contributed by atoms with Gasteiger partial charge in [-0.2, -0.15) is 0 Å². The summed E-state index contributed by atoms with van der Waals surface area (Å²) in [6, 6.07) is 9.68. The predicted octanol–water partition coefficient (Wildman–Crippen LogP) is 2.31.